The summed E-state index contributed by atoms with van der Waals surface area (Å²) in [6.45, 7) is 3.92. The van der Waals surface area contributed by atoms with E-state index in [0.29, 0.717) is 24.0 Å². The summed E-state index contributed by atoms with van der Waals surface area (Å²) in [6.07, 6.45) is 0.996. The molecular weight excluding hydrogens is 336 g/mol. The molecule has 130 valence electrons. The molecule has 8 nitrogen and oxygen atoms in total. The molecule has 0 bridgehead atoms. The highest BCUT2D eigenvalue weighted by Crippen LogP contribution is 2.21. The van der Waals surface area contributed by atoms with Crippen LogP contribution in [0.3, 0.4) is 0 Å². The van der Waals surface area contributed by atoms with Gasteiger partial charge in [-0.25, -0.2) is 0 Å². The number of nitro groups is 1. The minimum Gasteiger partial charge on any atom is -0.351 e. The van der Waals surface area contributed by atoms with Crippen molar-refractivity contribution in [1.29, 1.82) is 0 Å². The molecule has 0 atom stereocenters. The van der Waals surface area contributed by atoms with Gasteiger partial charge in [-0.15, -0.1) is 12.4 Å². The van der Waals surface area contributed by atoms with Gasteiger partial charge in [-0.2, -0.15) is 0 Å². The summed E-state index contributed by atoms with van der Waals surface area (Å²) in [6, 6.07) is 5.15. The van der Waals surface area contributed by atoms with E-state index in [2.05, 4.69) is 15.6 Å². The fraction of sp³-hybridized carbons (Fsp3) is 0.333. The second-order valence-electron chi connectivity index (χ2n) is 5.04. The van der Waals surface area contributed by atoms with E-state index in [1.54, 1.807) is 0 Å². The Hall–Kier alpha value is -2.45. The van der Waals surface area contributed by atoms with Crippen LogP contribution in [0.25, 0.3) is 10.9 Å². The van der Waals surface area contributed by atoms with Gasteiger partial charge in [-0.1, -0.05) is 6.92 Å². The second-order valence-corrected chi connectivity index (χ2v) is 5.04. The van der Waals surface area contributed by atoms with Crippen LogP contribution in [0.2, 0.25) is 0 Å². The summed E-state index contributed by atoms with van der Waals surface area (Å²) in [4.78, 5) is 36.8. The zero-order valence-electron chi connectivity index (χ0n) is 13.1. The molecule has 0 saturated heterocycles. The molecule has 3 N–H and O–H groups in total. The third kappa shape index (κ3) is 4.77. The molecule has 2 rings (SSSR count). The molecule has 2 aromatic rings. The summed E-state index contributed by atoms with van der Waals surface area (Å²) in [5, 5.41) is 17.1. The molecule has 0 spiro atoms. The monoisotopic (exact) mass is 354 g/mol. The Morgan fingerprint density at radius 1 is 1.25 bits per heavy atom. The smallest absolute Gasteiger partial charge is 0.270 e. The Morgan fingerprint density at radius 3 is 2.67 bits per heavy atom. The van der Waals surface area contributed by atoms with Gasteiger partial charge in [0.25, 0.3) is 11.6 Å². The van der Waals surface area contributed by atoms with Crippen LogP contribution >= 0.6 is 12.4 Å². The van der Waals surface area contributed by atoms with Crippen LogP contribution in [0.1, 0.15) is 23.7 Å². The van der Waals surface area contributed by atoms with E-state index in [0.717, 1.165) is 19.0 Å². The van der Waals surface area contributed by atoms with Gasteiger partial charge in [0.15, 0.2) is 0 Å². The number of fused-ring (bicyclic) bond motifs is 1. The maximum absolute atomic E-state index is 12.3. The highest BCUT2D eigenvalue weighted by Gasteiger charge is 2.15. The van der Waals surface area contributed by atoms with Crippen molar-refractivity contribution in [3.63, 3.8) is 0 Å². The molecule has 24 heavy (non-hydrogen) atoms. The van der Waals surface area contributed by atoms with E-state index >= 15 is 0 Å². The van der Waals surface area contributed by atoms with Crippen molar-refractivity contribution in [1.82, 2.24) is 15.6 Å². The number of hydrogen-bond acceptors (Lipinski definition) is 5. The number of halogens is 1. The lowest BCUT2D eigenvalue weighted by Crippen LogP contribution is -2.32. The van der Waals surface area contributed by atoms with Gasteiger partial charge < -0.3 is 15.6 Å². The van der Waals surface area contributed by atoms with E-state index < -0.39 is 16.4 Å². The molecule has 0 radical (unpaired) electrons. The van der Waals surface area contributed by atoms with Gasteiger partial charge >= 0.3 is 0 Å². The van der Waals surface area contributed by atoms with Gasteiger partial charge in [-0.3, -0.25) is 19.7 Å². The molecular formula is C15H19ClN4O4. The quantitative estimate of drug-likeness (QED) is 0.396. The van der Waals surface area contributed by atoms with Crippen molar-refractivity contribution in [3.05, 3.63) is 50.3 Å². The normalized spacial score (nSPS) is 10.2. The van der Waals surface area contributed by atoms with Gasteiger partial charge in [0.1, 0.15) is 0 Å². The minimum atomic E-state index is -0.541. The van der Waals surface area contributed by atoms with Crippen LogP contribution in [-0.4, -0.2) is 35.4 Å². The SMILES string of the molecule is CCCNCCNC(=O)c1cc(=O)[nH]c2ccc([N+](=O)[O-])cc12.Cl. The largest absolute Gasteiger partial charge is 0.351 e. The molecule has 0 aliphatic rings. The van der Waals surface area contributed by atoms with Crippen molar-refractivity contribution in [2.75, 3.05) is 19.6 Å². The maximum atomic E-state index is 12.3. The molecule has 1 heterocycles. The number of H-pyrrole nitrogens is 1. The number of hydrogen-bond donors (Lipinski definition) is 3. The number of carbonyl (C=O) groups is 1. The number of aromatic nitrogens is 1. The average molecular weight is 355 g/mol. The van der Waals surface area contributed by atoms with E-state index in [9.17, 15) is 19.7 Å². The summed E-state index contributed by atoms with van der Waals surface area (Å²) in [5.74, 6) is -0.431. The first kappa shape index (κ1) is 19.6. The number of non-ortho nitro benzene ring substituents is 1. The zero-order chi connectivity index (χ0) is 16.8. The van der Waals surface area contributed by atoms with E-state index in [1.807, 2.05) is 6.92 Å². The first-order valence-electron chi connectivity index (χ1n) is 7.33. The number of aromatic amines is 1. The lowest BCUT2D eigenvalue weighted by Gasteiger charge is -2.08. The number of amides is 1. The number of benzene rings is 1. The molecule has 0 saturated carbocycles. The Labute approximate surface area is 144 Å². The number of nitro benzene ring substituents is 1. The minimum absolute atomic E-state index is 0. The first-order chi connectivity index (χ1) is 11.0. The van der Waals surface area contributed by atoms with Crippen molar-refractivity contribution in [2.24, 2.45) is 0 Å². The summed E-state index contributed by atoms with van der Waals surface area (Å²) < 4.78 is 0. The molecule has 9 heteroatoms. The molecule has 0 aliphatic heterocycles. The highest BCUT2D eigenvalue weighted by atomic mass is 35.5. The average Bonchev–Trinajstić information content (AvgIpc) is 2.53. The summed E-state index contributed by atoms with van der Waals surface area (Å²) in [5.41, 5.74) is -0.0517. The summed E-state index contributed by atoms with van der Waals surface area (Å²) in [7, 11) is 0. The Bertz CT molecular complexity index is 791. The number of pyridine rings is 1. The van der Waals surface area contributed by atoms with Crippen LogP contribution in [0.4, 0.5) is 5.69 Å². The van der Waals surface area contributed by atoms with E-state index in [-0.39, 0.29) is 23.7 Å². The fourth-order valence-electron chi connectivity index (χ4n) is 2.20. The summed E-state index contributed by atoms with van der Waals surface area (Å²) >= 11 is 0. The van der Waals surface area contributed by atoms with Crippen molar-refractivity contribution in [2.45, 2.75) is 13.3 Å². The highest BCUT2D eigenvalue weighted by molar-refractivity contribution is 6.06. The standard InChI is InChI=1S/C15H18N4O4.ClH/c1-2-5-16-6-7-17-15(21)12-9-14(20)18-13-4-3-10(19(22)23)8-11(12)13;/h3-4,8-9,16H,2,5-7H2,1H3,(H,17,21)(H,18,20);1H. The molecule has 0 aliphatic carbocycles. The van der Waals surface area contributed by atoms with Crippen molar-refractivity contribution in [3.8, 4) is 0 Å². The number of carbonyl (C=O) groups excluding carboxylic acids is 1. The maximum Gasteiger partial charge on any atom is 0.270 e. The van der Waals surface area contributed by atoms with Crippen LogP contribution < -0.4 is 16.2 Å². The van der Waals surface area contributed by atoms with Crippen LogP contribution in [0.15, 0.2) is 29.1 Å². The second kappa shape index (κ2) is 8.99. The third-order valence-corrected chi connectivity index (χ3v) is 3.30. The fourth-order valence-corrected chi connectivity index (χ4v) is 2.20. The van der Waals surface area contributed by atoms with Crippen LogP contribution in [-0.2, 0) is 0 Å². The number of rotatable bonds is 7. The molecule has 1 aromatic heterocycles. The van der Waals surface area contributed by atoms with Gasteiger partial charge in [-0.05, 0) is 19.0 Å². The lowest BCUT2D eigenvalue weighted by atomic mass is 10.1. The Kier molecular flexibility index (Phi) is 7.34. The van der Waals surface area contributed by atoms with Crippen LogP contribution in [0.5, 0.6) is 0 Å². The zero-order valence-corrected chi connectivity index (χ0v) is 13.9. The van der Waals surface area contributed by atoms with Crippen LogP contribution in [0, 0.1) is 10.1 Å². The van der Waals surface area contributed by atoms with Gasteiger partial charge in [0, 0.05) is 42.2 Å². The van der Waals surface area contributed by atoms with Crippen molar-refractivity contribution < 1.29 is 9.72 Å². The number of nitrogens with one attached hydrogen (secondary N) is 3. The van der Waals surface area contributed by atoms with Gasteiger partial charge in [0.2, 0.25) is 5.56 Å². The Balaban J connectivity index is 0.00000288. The van der Waals surface area contributed by atoms with E-state index in [4.69, 9.17) is 0 Å². The third-order valence-electron chi connectivity index (χ3n) is 3.30. The Morgan fingerprint density at radius 2 is 2.00 bits per heavy atom. The predicted octanol–water partition coefficient (Wildman–Crippen LogP) is 1.59. The lowest BCUT2D eigenvalue weighted by molar-refractivity contribution is -0.384. The van der Waals surface area contributed by atoms with Gasteiger partial charge in [0.05, 0.1) is 10.5 Å². The molecule has 0 fully saturated rings. The molecule has 0 unspecified atom stereocenters. The topological polar surface area (TPSA) is 117 Å². The number of nitrogens with zero attached hydrogens (tertiary/aromatic N) is 1. The molecule has 1 aromatic carbocycles. The van der Waals surface area contributed by atoms with Crippen molar-refractivity contribution >= 4 is 34.9 Å². The molecule has 1 amide bonds. The van der Waals surface area contributed by atoms with E-state index in [1.165, 1.54) is 18.2 Å². The first-order valence-corrected chi connectivity index (χ1v) is 7.33. The predicted molar refractivity (Wildman–Crippen MR) is 94.0 cm³/mol.